The van der Waals surface area contributed by atoms with E-state index in [0.717, 1.165) is 12.0 Å². The fraction of sp³-hybridized carbons (Fsp3) is 0.656. The Morgan fingerprint density at radius 1 is 0.795 bits per heavy atom. The van der Waals surface area contributed by atoms with Gasteiger partial charge >= 0.3 is 6.03 Å². The lowest BCUT2D eigenvalue weighted by atomic mass is 9.92. The van der Waals surface area contributed by atoms with Crippen LogP contribution in [0, 0.1) is 11.3 Å². The average Bonchev–Trinajstić information content (AvgIpc) is 2.88. The highest BCUT2D eigenvalue weighted by molar-refractivity contribution is 5.98. The third-order valence-electron chi connectivity index (χ3n) is 6.66. The molecule has 0 bridgehead atoms. The summed E-state index contributed by atoms with van der Waals surface area (Å²) in [7, 11) is 0. The van der Waals surface area contributed by atoms with E-state index in [-0.39, 0.29) is 54.5 Å². The topological polar surface area (TPSA) is 184 Å². The maximum Gasteiger partial charge on any atom is 0.312 e. The first-order chi connectivity index (χ1) is 20.4. The van der Waals surface area contributed by atoms with Crippen LogP contribution in [0.5, 0.6) is 0 Å². The van der Waals surface area contributed by atoms with Gasteiger partial charge in [0.15, 0.2) is 0 Å². The van der Waals surface area contributed by atoms with Gasteiger partial charge in [0.2, 0.25) is 23.6 Å². The summed E-state index contributed by atoms with van der Waals surface area (Å²) in [4.78, 5) is 62.5. The van der Waals surface area contributed by atoms with Crippen molar-refractivity contribution in [2.45, 2.75) is 105 Å². The molecule has 0 radical (unpaired) electrons. The molecule has 0 fully saturated rings. The minimum atomic E-state index is -0.939. The molecule has 0 aromatic heterocycles. The lowest BCUT2D eigenvalue weighted by Gasteiger charge is -2.26. The van der Waals surface area contributed by atoms with Crippen LogP contribution in [0.4, 0.5) is 10.5 Å². The van der Waals surface area contributed by atoms with Crippen molar-refractivity contribution in [2.24, 2.45) is 17.1 Å². The zero-order valence-electron chi connectivity index (χ0n) is 27.8. The normalized spacial score (nSPS) is 13.0. The highest BCUT2D eigenvalue weighted by Crippen LogP contribution is 2.17. The van der Waals surface area contributed by atoms with Gasteiger partial charge in [0.05, 0.1) is 6.42 Å². The Hall–Kier alpha value is -3.67. The molecule has 8 N–H and O–H groups in total. The molecule has 0 spiro atoms. The van der Waals surface area contributed by atoms with E-state index in [9.17, 15) is 24.0 Å². The van der Waals surface area contributed by atoms with Gasteiger partial charge in [-0.15, -0.1) is 0 Å². The second-order valence-corrected chi connectivity index (χ2v) is 13.7. The molecule has 1 aromatic rings. The Morgan fingerprint density at radius 3 is 1.98 bits per heavy atom. The van der Waals surface area contributed by atoms with Gasteiger partial charge in [-0.05, 0) is 69.1 Å². The molecular weight excluding hydrogens is 562 g/mol. The van der Waals surface area contributed by atoms with E-state index in [1.807, 2.05) is 34.6 Å². The number of carbonyl (C=O) groups is 5. The Balaban J connectivity index is 2.86. The minimum Gasteiger partial charge on any atom is -0.356 e. The fourth-order valence-corrected chi connectivity index (χ4v) is 4.14. The summed E-state index contributed by atoms with van der Waals surface area (Å²) in [5.74, 6) is -1.50. The molecule has 6 amide bonds. The van der Waals surface area contributed by atoms with Crippen LogP contribution in [0.3, 0.4) is 0 Å². The second-order valence-electron chi connectivity index (χ2n) is 13.7. The van der Waals surface area contributed by atoms with Gasteiger partial charge in [-0.25, -0.2) is 4.79 Å². The summed E-state index contributed by atoms with van der Waals surface area (Å²) in [5.41, 5.74) is 6.44. The molecule has 2 atom stereocenters. The number of hydrogen-bond donors (Lipinski definition) is 7. The van der Waals surface area contributed by atoms with Gasteiger partial charge < -0.3 is 37.6 Å². The van der Waals surface area contributed by atoms with E-state index in [1.165, 1.54) is 0 Å². The van der Waals surface area contributed by atoms with Gasteiger partial charge in [0, 0.05) is 37.3 Å². The monoisotopic (exact) mass is 617 g/mol. The van der Waals surface area contributed by atoms with Gasteiger partial charge in [-0.2, -0.15) is 0 Å². The Kier molecular flexibility index (Phi) is 15.9. The molecule has 248 valence electrons. The van der Waals surface area contributed by atoms with Gasteiger partial charge in [-0.3, -0.25) is 19.2 Å². The Morgan fingerprint density at radius 2 is 1.43 bits per heavy atom. The van der Waals surface area contributed by atoms with Crippen LogP contribution in [-0.4, -0.2) is 66.9 Å². The number of urea groups is 1. The van der Waals surface area contributed by atoms with Crippen LogP contribution in [0.15, 0.2) is 24.3 Å². The first-order valence-corrected chi connectivity index (χ1v) is 15.4. The minimum absolute atomic E-state index is 0.0735. The summed E-state index contributed by atoms with van der Waals surface area (Å²) in [5, 5.41) is 17.0. The molecule has 1 aromatic carbocycles. The molecule has 12 heteroatoms. The number of anilines is 1. The highest BCUT2D eigenvalue weighted by atomic mass is 16.2. The molecule has 12 nitrogen and oxygen atoms in total. The summed E-state index contributed by atoms with van der Waals surface area (Å²) >= 11 is 0. The molecule has 0 heterocycles. The van der Waals surface area contributed by atoms with Crippen LogP contribution >= 0.6 is 0 Å². The van der Waals surface area contributed by atoms with E-state index in [1.54, 1.807) is 24.3 Å². The van der Waals surface area contributed by atoms with Gasteiger partial charge in [0.25, 0.3) is 0 Å². The molecule has 0 aliphatic carbocycles. The summed E-state index contributed by atoms with van der Waals surface area (Å²) in [6, 6.07) is 4.47. The van der Waals surface area contributed by atoms with Crippen molar-refractivity contribution < 1.29 is 24.0 Å². The Bertz CT molecular complexity index is 1090. The second kappa shape index (κ2) is 18.2. The van der Waals surface area contributed by atoms with Crippen molar-refractivity contribution in [3.63, 3.8) is 0 Å². The standard InChI is InChI=1S/C32H55N7O5/c1-21(2)27(39-25(40)15-18-36-32(6,7)8)29(43)38-24(10-9-17-35-30(33)44)28(42)37-23-13-11-22(12-14-23)20-26(41)34-19-16-31(3,4)5/h11-14,21,24,27,36H,9-10,15-20H2,1-8H3,(H,34,41)(H,37,42)(H,38,43)(H,39,40)(H3,33,35,44)/t24-,27-/m0/s1. The van der Waals surface area contributed by atoms with Crippen molar-refractivity contribution in [2.75, 3.05) is 25.0 Å². The smallest absolute Gasteiger partial charge is 0.312 e. The number of carbonyl (C=O) groups excluding carboxylic acids is 5. The van der Waals surface area contributed by atoms with Crippen LogP contribution in [0.1, 0.15) is 86.6 Å². The van der Waals surface area contributed by atoms with Crippen molar-refractivity contribution in [3.05, 3.63) is 29.8 Å². The first kappa shape index (κ1) is 38.4. The largest absolute Gasteiger partial charge is 0.356 e. The van der Waals surface area contributed by atoms with Crippen LogP contribution < -0.4 is 37.6 Å². The third kappa shape index (κ3) is 17.4. The maximum atomic E-state index is 13.3. The number of benzene rings is 1. The average molecular weight is 618 g/mol. The number of hydrogen-bond acceptors (Lipinski definition) is 6. The SMILES string of the molecule is CC(C)[C@H](NC(=O)CCNC(C)(C)C)C(=O)N[C@@H](CCCNC(N)=O)C(=O)Nc1ccc(CC(=O)NCCC(C)(C)C)cc1. The van der Waals surface area contributed by atoms with E-state index < -0.39 is 29.9 Å². The van der Waals surface area contributed by atoms with Gasteiger partial charge in [-0.1, -0.05) is 46.8 Å². The van der Waals surface area contributed by atoms with Crippen LogP contribution in [-0.2, 0) is 25.6 Å². The summed E-state index contributed by atoms with van der Waals surface area (Å²) in [6.07, 6.45) is 1.89. The molecule has 0 saturated heterocycles. The predicted octanol–water partition coefficient (Wildman–Crippen LogP) is 2.57. The van der Waals surface area contributed by atoms with E-state index in [0.29, 0.717) is 25.2 Å². The molecule has 0 saturated carbocycles. The summed E-state index contributed by atoms with van der Waals surface area (Å²) in [6.45, 7) is 17.3. The van der Waals surface area contributed by atoms with E-state index >= 15 is 0 Å². The van der Waals surface area contributed by atoms with E-state index in [2.05, 4.69) is 52.7 Å². The number of primary amides is 1. The summed E-state index contributed by atoms with van der Waals surface area (Å²) < 4.78 is 0. The van der Waals surface area contributed by atoms with Crippen LogP contribution in [0.2, 0.25) is 0 Å². The van der Waals surface area contributed by atoms with Crippen molar-refractivity contribution >= 4 is 35.3 Å². The molecule has 0 aliphatic heterocycles. The third-order valence-corrected chi connectivity index (χ3v) is 6.66. The molecule has 0 unspecified atom stereocenters. The molecule has 0 aliphatic rings. The van der Waals surface area contributed by atoms with Crippen LogP contribution in [0.25, 0.3) is 0 Å². The first-order valence-electron chi connectivity index (χ1n) is 15.4. The predicted molar refractivity (Wildman–Crippen MR) is 174 cm³/mol. The van der Waals surface area contributed by atoms with Crippen molar-refractivity contribution in [3.8, 4) is 0 Å². The number of nitrogens with one attached hydrogen (secondary N) is 6. The molecule has 1 rings (SSSR count). The number of amides is 6. The lowest BCUT2D eigenvalue weighted by Crippen LogP contribution is -2.55. The quantitative estimate of drug-likeness (QED) is 0.132. The lowest BCUT2D eigenvalue weighted by molar-refractivity contribution is -0.132. The zero-order chi connectivity index (χ0) is 33.5. The van der Waals surface area contributed by atoms with Crippen molar-refractivity contribution in [1.82, 2.24) is 26.6 Å². The highest BCUT2D eigenvalue weighted by Gasteiger charge is 2.29. The molecular formula is C32H55N7O5. The van der Waals surface area contributed by atoms with Gasteiger partial charge in [0.1, 0.15) is 12.1 Å². The van der Waals surface area contributed by atoms with E-state index in [4.69, 9.17) is 5.73 Å². The number of nitrogens with two attached hydrogens (primary N) is 1. The molecule has 44 heavy (non-hydrogen) atoms. The number of rotatable bonds is 17. The Labute approximate surface area is 262 Å². The fourth-order valence-electron chi connectivity index (χ4n) is 4.14. The maximum absolute atomic E-state index is 13.3. The van der Waals surface area contributed by atoms with Crippen molar-refractivity contribution in [1.29, 1.82) is 0 Å². The zero-order valence-corrected chi connectivity index (χ0v) is 27.8.